The number of methoxy groups -OCH3 is 1. The molecule has 6 heteroatoms. The molecule has 0 radical (unpaired) electrons. The summed E-state index contributed by atoms with van der Waals surface area (Å²) in [7, 11) is 1.56. The first-order valence-corrected chi connectivity index (χ1v) is 6.45. The van der Waals surface area contributed by atoms with Crippen LogP contribution in [0.5, 0.6) is 5.75 Å². The van der Waals surface area contributed by atoms with Crippen LogP contribution in [0.25, 0.3) is 0 Å². The van der Waals surface area contributed by atoms with Gasteiger partial charge in [-0.2, -0.15) is 0 Å². The number of ether oxygens (including phenoxy) is 4. The molecule has 0 spiro atoms. The second-order valence-corrected chi connectivity index (χ2v) is 4.84. The first-order chi connectivity index (χ1) is 9.69. The molecule has 6 nitrogen and oxygen atoms in total. The van der Waals surface area contributed by atoms with Gasteiger partial charge in [-0.25, -0.2) is 4.79 Å². The van der Waals surface area contributed by atoms with Crippen molar-refractivity contribution in [3.63, 3.8) is 0 Å². The molecule has 124 valence electrons. The van der Waals surface area contributed by atoms with Crippen LogP contribution in [-0.4, -0.2) is 55.8 Å². The van der Waals surface area contributed by atoms with E-state index in [0.717, 1.165) is 0 Å². The van der Waals surface area contributed by atoms with E-state index in [-0.39, 0.29) is 34.2 Å². The average molecular weight is 312 g/mol. The highest BCUT2D eigenvalue weighted by atomic mass is 16.6. The van der Waals surface area contributed by atoms with Crippen LogP contribution in [-0.2, 0) is 14.2 Å². The first-order valence-electron chi connectivity index (χ1n) is 6.45. The van der Waals surface area contributed by atoms with Crippen molar-refractivity contribution in [2.75, 3.05) is 20.3 Å². The minimum absolute atomic E-state index is 0. The molecule has 2 fully saturated rings. The van der Waals surface area contributed by atoms with E-state index >= 15 is 0 Å². The van der Waals surface area contributed by atoms with Gasteiger partial charge in [-0.3, -0.25) is 0 Å². The largest absolute Gasteiger partial charge is 0.497 e. The predicted molar refractivity (Wildman–Crippen MR) is 81.1 cm³/mol. The van der Waals surface area contributed by atoms with E-state index in [9.17, 15) is 9.90 Å². The summed E-state index contributed by atoms with van der Waals surface area (Å²) in [6.07, 6.45) is -1.91. The average Bonchev–Trinajstić information content (AvgIpc) is 3.03. The summed E-state index contributed by atoms with van der Waals surface area (Å²) in [4.78, 5) is 12.0. The molecule has 3 rings (SSSR count). The monoisotopic (exact) mass is 312 g/mol. The number of carbonyl (C=O) groups excluding carboxylic acids is 1. The summed E-state index contributed by atoms with van der Waals surface area (Å²) in [5.41, 5.74) is 0.438. The summed E-state index contributed by atoms with van der Waals surface area (Å²) >= 11 is 0. The Bertz CT molecular complexity index is 486. The number of aliphatic hydroxyl groups is 1. The van der Waals surface area contributed by atoms with E-state index < -0.39 is 24.3 Å². The van der Waals surface area contributed by atoms with Gasteiger partial charge in [0, 0.05) is 0 Å². The van der Waals surface area contributed by atoms with Crippen molar-refractivity contribution in [3.8, 4) is 5.75 Å². The molecule has 0 amide bonds. The fourth-order valence-corrected chi connectivity index (χ4v) is 2.48. The Morgan fingerprint density at radius 3 is 2.41 bits per heavy atom. The highest BCUT2D eigenvalue weighted by molar-refractivity contribution is 5.89. The van der Waals surface area contributed by atoms with Crippen molar-refractivity contribution in [1.29, 1.82) is 0 Å². The number of carbonyl (C=O) groups is 1. The van der Waals surface area contributed by atoms with E-state index in [2.05, 4.69) is 0 Å². The Balaban J connectivity index is 0.00000121. The smallest absolute Gasteiger partial charge is 0.338 e. The van der Waals surface area contributed by atoms with E-state index in [1.54, 1.807) is 31.4 Å². The van der Waals surface area contributed by atoms with Crippen LogP contribution in [0.1, 0.15) is 25.2 Å². The van der Waals surface area contributed by atoms with Gasteiger partial charge in [-0.15, -0.1) is 0 Å². The highest BCUT2D eigenvalue weighted by Gasteiger charge is 2.48. The maximum absolute atomic E-state index is 12.0. The van der Waals surface area contributed by atoms with Gasteiger partial charge in [0.2, 0.25) is 0 Å². The van der Waals surface area contributed by atoms with Gasteiger partial charge in [-0.05, 0) is 24.3 Å². The molecule has 2 heterocycles. The quantitative estimate of drug-likeness (QED) is 0.856. The van der Waals surface area contributed by atoms with Crippen molar-refractivity contribution < 1.29 is 28.8 Å². The van der Waals surface area contributed by atoms with Crippen LogP contribution in [0.2, 0.25) is 0 Å². The van der Waals surface area contributed by atoms with Gasteiger partial charge in [0.15, 0.2) is 6.10 Å². The van der Waals surface area contributed by atoms with Crippen molar-refractivity contribution in [3.05, 3.63) is 29.8 Å². The fourth-order valence-electron chi connectivity index (χ4n) is 2.48. The molecule has 1 aromatic rings. The van der Waals surface area contributed by atoms with E-state index in [4.69, 9.17) is 18.9 Å². The molecule has 0 bridgehead atoms. The van der Waals surface area contributed by atoms with Crippen molar-refractivity contribution >= 4 is 5.97 Å². The number of fused-ring (bicyclic) bond motifs is 1. The first kappa shape index (κ1) is 18.4. The second-order valence-electron chi connectivity index (χ2n) is 4.84. The van der Waals surface area contributed by atoms with Crippen LogP contribution in [0, 0.1) is 0 Å². The molecule has 1 aromatic carbocycles. The fraction of sp³-hybridized carbons (Fsp3) is 0.562. The molecule has 4 atom stereocenters. The summed E-state index contributed by atoms with van der Waals surface area (Å²) < 4.78 is 21.2. The van der Waals surface area contributed by atoms with Crippen LogP contribution in [0.3, 0.4) is 0 Å². The molecule has 2 aliphatic heterocycles. The Kier molecular flexibility index (Phi) is 6.34. The third-order valence-electron chi connectivity index (χ3n) is 3.57. The minimum atomic E-state index is -0.648. The van der Waals surface area contributed by atoms with Crippen molar-refractivity contribution in [2.24, 2.45) is 0 Å². The molecule has 22 heavy (non-hydrogen) atoms. The van der Waals surface area contributed by atoms with Gasteiger partial charge in [-0.1, -0.05) is 14.9 Å². The lowest BCUT2D eigenvalue weighted by molar-refractivity contribution is -0.0209. The molecule has 2 saturated heterocycles. The van der Waals surface area contributed by atoms with E-state index in [0.29, 0.717) is 11.3 Å². The maximum Gasteiger partial charge on any atom is 0.338 e. The minimum Gasteiger partial charge on any atom is -0.497 e. The molecule has 2 aliphatic rings. The zero-order chi connectivity index (χ0) is 14.1. The number of hydrogen-bond acceptors (Lipinski definition) is 6. The Labute approximate surface area is 130 Å². The SMILES string of the molecule is C.C.COc1ccc(C(=O)O[C@@H]2COC3[C@H](O)CO[C@@H]32)cc1. The van der Waals surface area contributed by atoms with Crippen LogP contribution >= 0.6 is 0 Å². The van der Waals surface area contributed by atoms with Crippen molar-refractivity contribution in [2.45, 2.75) is 39.3 Å². The zero-order valence-electron chi connectivity index (χ0n) is 11.0. The molecule has 1 unspecified atom stereocenters. The van der Waals surface area contributed by atoms with Gasteiger partial charge >= 0.3 is 5.97 Å². The summed E-state index contributed by atoms with van der Waals surface area (Å²) in [6.45, 7) is 0.459. The number of benzene rings is 1. The van der Waals surface area contributed by atoms with Crippen LogP contribution in [0.4, 0.5) is 0 Å². The standard InChI is InChI=1S/C14H16O6.2CH4/c1-17-9-4-2-8(3-5-9)14(16)20-11-7-19-12-10(15)6-18-13(11)12;;/h2-5,10-13,15H,6-7H2,1H3;2*1H4/t10-,11-,12?,13-;;/m1../s1. The van der Waals surface area contributed by atoms with E-state index in [1.165, 1.54) is 0 Å². The Morgan fingerprint density at radius 2 is 1.77 bits per heavy atom. The topological polar surface area (TPSA) is 74.2 Å². The number of hydrogen-bond donors (Lipinski definition) is 1. The molecular formula is C16H24O6. The highest BCUT2D eigenvalue weighted by Crippen LogP contribution is 2.29. The second kappa shape index (κ2) is 7.58. The van der Waals surface area contributed by atoms with Crippen molar-refractivity contribution in [1.82, 2.24) is 0 Å². The molecule has 1 N–H and O–H groups in total. The molecule has 0 aliphatic carbocycles. The summed E-state index contributed by atoms with van der Waals surface area (Å²) in [5.74, 6) is 0.236. The third-order valence-corrected chi connectivity index (χ3v) is 3.57. The van der Waals surface area contributed by atoms with Gasteiger partial charge in [0.05, 0.1) is 25.9 Å². The van der Waals surface area contributed by atoms with Gasteiger partial charge in [0.1, 0.15) is 24.1 Å². The van der Waals surface area contributed by atoms with Crippen LogP contribution in [0.15, 0.2) is 24.3 Å². The number of aliphatic hydroxyl groups excluding tert-OH is 1. The normalized spacial score (nSPS) is 29.0. The van der Waals surface area contributed by atoms with Gasteiger partial charge < -0.3 is 24.1 Å². The molecule has 0 saturated carbocycles. The predicted octanol–water partition coefficient (Wildman–Crippen LogP) is 1.65. The van der Waals surface area contributed by atoms with E-state index in [1.807, 2.05) is 0 Å². The lowest BCUT2D eigenvalue weighted by Crippen LogP contribution is -2.34. The van der Waals surface area contributed by atoms with Gasteiger partial charge in [0.25, 0.3) is 0 Å². The summed E-state index contributed by atoms with van der Waals surface area (Å²) in [6, 6.07) is 6.67. The number of esters is 1. The number of rotatable bonds is 3. The summed E-state index contributed by atoms with van der Waals surface area (Å²) in [5, 5.41) is 9.62. The molecular weight excluding hydrogens is 288 g/mol. The maximum atomic E-state index is 12.0. The Hall–Kier alpha value is -1.63. The Morgan fingerprint density at radius 1 is 1.14 bits per heavy atom. The zero-order valence-corrected chi connectivity index (χ0v) is 11.0. The third kappa shape index (κ3) is 3.40. The van der Waals surface area contributed by atoms with Crippen LogP contribution < -0.4 is 4.74 Å². The lowest BCUT2D eigenvalue weighted by Gasteiger charge is -2.16. The lowest BCUT2D eigenvalue weighted by atomic mass is 10.1. The molecule has 0 aromatic heterocycles.